The molecule has 0 spiro atoms. The third kappa shape index (κ3) is 30.6. The van der Waals surface area contributed by atoms with E-state index in [1.165, 1.54) is 38.1 Å². The number of carbonyl (C=O) groups excluding carboxylic acids is 14. The van der Waals surface area contributed by atoms with E-state index in [4.69, 9.17) is 28.7 Å². The van der Waals surface area contributed by atoms with E-state index in [9.17, 15) is 102 Å². The van der Waals surface area contributed by atoms with Crippen LogP contribution >= 0.6 is 0 Å². The number of amides is 14. The van der Waals surface area contributed by atoms with Crippen molar-refractivity contribution >= 4 is 94.6 Å². The van der Waals surface area contributed by atoms with Gasteiger partial charge in [0, 0.05) is 32.2 Å². The Morgan fingerprint density at radius 3 is 1.39 bits per heavy atom. The van der Waals surface area contributed by atoms with Gasteiger partial charge in [0.2, 0.25) is 82.7 Å². The second-order valence-electron chi connectivity index (χ2n) is 25.8. The van der Waals surface area contributed by atoms with Gasteiger partial charge in [0.25, 0.3) is 0 Å². The van der Waals surface area contributed by atoms with Crippen LogP contribution in [-0.2, 0) is 83.1 Å². The number of carbonyl (C=O) groups is 16. The summed E-state index contributed by atoms with van der Waals surface area (Å²) in [4.78, 5) is 214. The number of carboxylic acids is 2. The maximum absolute atomic E-state index is 14.5. The zero-order valence-corrected chi connectivity index (χ0v) is 57.4. The number of nitrogens with two attached hydrogens (primary N) is 5. The highest BCUT2D eigenvalue weighted by molar-refractivity contribution is 6.00. The Kier molecular flexibility index (Phi) is 37.2. The Bertz CT molecular complexity index is 3020. The molecule has 100 heavy (non-hydrogen) atoms. The van der Waals surface area contributed by atoms with Gasteiger partial charge in [-0.05, 0) is 113 Å². The molecule has 0 aromatic heterocycles. The smallest absolute Gasteiger partial charge is 0.326 e. The summed E-state index contributed by atoms with van der Waals surface area (Å²) in [6.45, 7) is 10.2. The number of benzene rings is 1. The minimum absolute atomic E-state index is 0.0258. The van der Waals surface area contributed by atoms with Crippen molar-refractivity contribution in [1.29, 1.82) is 0 Å². The molecule has 14 amide bonds. The minimum atomic E-state index is -1.82. The van der Waals surface area contributed by atoms with Gasteiger partial charge in [-0.3, -0.25) is 71.9 Å². The normalized spacial score (nSPS) is 16.4. The number of likely N-dealkylation sites (tertiary alicyclic amines) is 1. The number of aliphatic carboxylic acids is 2. The molecule has 37 nitrogen and oxygen atoms in total. The summed E-state index contributed by atoms with van der Waals surface area (Å²) in [5.74, 6) is -18.6. The molecule has 560 valence electrons. The van der Waals surface area contributed by atoms with Crippen LogP contribution < -0.4 is 81.8 Å². The first-order valence-corrected chi connectivity index (χ1v) is 33.0. The van der Waals surface area contributed by atoms with Crippen LogP contribution in [0.5, 0.6) is 5.75 Å². The Balaban J connectivity index is 2.46. The molecule has 0 radical (unpaired) electrons. The molecular weight excluding hydrogens is 1320 g/mol. The summed E-state index contributed by atoms with van der Waals surface area (Å²) < 4.78 is 0. The molecule has 1 aromatic carbocycles. The number of phenols is 1. The van der Waals surface area contributed by atoms with Crippen molar-refractivity contribution in [2.24, 2.45) is 46.4 Å². The summed E-state index contributed by atoms with van der Waals surface area (Å²) in [5, 5.41) is 75.3. The topological polar surface area (TPSA) is 628 Å². The van der Waals surface area contributed by atoms with Gasteiger partial charge in [0.1, 0.15) is 72.2 Å². The zero-order chi connectivity index (χ0) is 75.8. The van der Waals surface area contributed by atoms with Gasteiger partial charge in [-0.25, -0.2) is 4.79 Å². The molecule has 0 saturated carbocycles. The highest BCUT2D eigenvalue weighted by Crippen LogP contribution is 2.21. The van der Waals surface area contributed by atoms with Crippen LogP contribution in [0.4, 0.5) is 0 Å². The fourth-order valence-corrected chi connectivity index (χ4v) is 10.5. The van der Waals surface area contributed by atoms with Crippen molar-refractivity contribution in [3.8, 4) is 5.75 Å². The first kappa shape index (κ1) is 86.5. The number of nitrogens with zero attached hydrogens (tertiary/aromatic N) is 1. The lowest BCUT2D eigenvalue weighted by Crippen LogP contribution is -2.62. The van der Waals surface area contributed by atoms with E-state index in [0.29, 0.717) is 24.9 Å². The van der Waals surface area contributed by atoms with Gasteiger partial charge in [0.05, 0.1) is 25.2 Å². The molecule has 0 bridgehead atoms. The minimum Gasteiger partial charge on any atom is -0.508 e. The predicted molar refractivity (Wildman–Crippen MR) is 354 cm³/mol. The van der Waals surface area contributed by atoms with E-state index in [1.807, 2.05) is 0 Å². The molecule has 1 saturated heterocycles. The number of hydrogen-bond donors (Lipinski definition) is 20. The van der Waals surface area contributed by atoms with Crippen LogP contribution in [0.1, 0.15) is 144 Å². The molecule has 0 unspecified atom stereocenters. The first-order valence-electron chi connectivity index (χ1n) is 33.0. The highest BCUT2D eigenvalue weighted by atomic mass is 16.4. The molecule has 1 aliphatic rings. The number of hydrogen-bond acceptors (Lipinski definition) is 21. The van der Waals surface area contributed by atoms with Gasteiger partial charge < -0.3 is 112 Å². The number of aliphatic hydroxyl groups excluding tert-OH is 2. The summed E-state index contributed by atoms with van der Waals surface area (Å²) in [6.07, 6.45) is -5.08. The van der Waals surface area contributed by atoms with E-state index >= 15 is 0 Å². The second kappa shape index (κ2) is 43.0. The fourth-order valence-electron chi connectivity index (χ4n) is 10.5. The van der Waals surface area contributed by atoms with Crippen molar-refractivity contribution in [1.82, 2.24) is 58.1 Å². The quantitative estimate of drug-likeness (QED) is 0.0270. The maximum Gasteiger partial charge on any atom is 0.326 e. The van der Waals surface area contributed by atoms with E-state index in [1.54, 1.807) is 27.7 Å². The number of carboxylic acid groups (broad SMARTS) is 2. The van der Waals surface area contributed by atoms with Crippen LogP contribution in [0.3, 0.4) is 0 Å². The number of phenolic OH excluding ortho intramolecular Hbond substituents is 1. The van der Waals surface area contributed by atoms with Crippen LogP contribution in [0.15, 0.2) is 24.3 Å². The number of rotatable bonds is 46. The van der Waals surface area contributed by atoms with Crippen molar-refractivity contribution in [2.45, 2.75) is 223 Å². The average Bonchev–Trinajstić information content (AvgIpc) is 1.57. The molecule has 1 fully saturated rings. The molecule has 13 atom stereocenters. The summed E-state index contributed by atoms with van der Waals surface area (Å²) in [6, 6.07) is -13.6. The Labute approximate surface area is 578 Å². The third-order valence-corrected chi connectivity index (χ3v) is 15.9. The van der Waals surface area contributed by atoms with E-state index < -0.39 is 231 Å². The van der Waals surface area contributed by atoms with Crippen molar-refractivity contribution < 1.29 is 102 Å². The largest absolute Gasteiger partial charge is 0.508 e. The Morgan fingerprint density at radius 2 is 0.940 bits per heavy atom. The van der Waals surface area contributed by atoms with Gasteiger partial charge in [0.15, 0.2) is 0 Å². The lowest BCUT2D eigenvalue weighted by atomic mass is 9.99. The first-order chi connectivity index (χ1) is 46.8. The number of aromatic hydroxyl groups is 1. The SMILES string of the molecule is CC(C)C[C@H](NC(=O)[C@H](CC(C)C)NC(=O)[C@@H](NC(=O)[C@H](Cc1ccc(O)cc1)NC(=O)[C@@H]1CCCN1C(=O)[C@H](CO)NC(=O)[C@@H](NC(=O)[C@H](CCC(N)=O)NC(=O)[C@H](CCC(=O)O)NC(=O)[C@H](CCC(N)=O)NC(=O)[C@@H](N)CC(N)=O)C(C)C)[C@@H](C)O)C(=O)N[C@@H](CCCCN)C(=O)O. The van der Waals surface area contributed by atoms with Gasteiger partial charge in [-0.15, -0.1) is 0 Å². The van der Waals surface area contributed by atoms with E-state index in [0.717, 1.165) is 11.8 Å². The molecule has 1 aliphatic heterocycles. The Hall–Kier alpha value is -9.62. The van der Waals surface area contributed by atoms with Crippen molar-refractivity contribution in [3.05, 3.63) is 29.8 Å². The monoisotopic (exact) mass is 1420 g/mol. The molecule has 1 heterocycles. The highest BCUT2D eigenvalue weighted by Gasteiger charge is 2.42. The second-order valence-corrected chi connectivity index (χ2v) is 25.8. The Morgan fingerprint density at radius 1 is 0.510 bits per heavy atom. The number of aliphatic hydroxyl groups is 2. The van der Waals surface area contributed by atoms with Crippen LogP contribution in [0, 0.1) is 17.8 Å². The van der Waals surface area contributed by atoms with Gasteiger partial charge >= 0.3 is 11.9 Å². The lowest BCUT2D eigenvalue weighted by molar-refractivity contribution is -0.143. The van der Waals surface area contributed by atoms with Gasteiger partial charge in [-0.2, -0.15) is 0 Å². The number of nitrogens with one attached hydrogen (secondary N) is 10. The van der Waals surface area contributed by atoms with Crippen LogP contribution in [0.25, 0.3) is 0 Å². The van der Waals surface area contributed by atoms with E-state index in [-0.39, 0.29) is 62.7 Å². The van der Waals surface area contributed by atoms with Crippen molar-refractivity contribution in [3.63, 3.8) is 0 Å². The molecule has 25 N–H and O–H groups in total. The summed E-state index contributed by atoms with van der Waals surface area (Å²) >= 11 is 0. The van der Waals surface area contributed by atoms with E-state index in [2.05, 4.69) is 53.2 Å². The van der Waals surface area contributed by atoms with Gasteiger partial charge in [-0.1, -0.05) is 53.7 Å². The fraction of sp³-hybridized carbons (Fsp3) is 0.651. The maximum atomic E-state index is 14.5. The summed E-state index contributed by atoms with van der Waals surface area (Å²) in [7, 11) is 0. The predicted octanol–water partition coefficient (Wildman–Crippen LogP) is -6.29. The molecule has 2 rings (SSSR count). The molecule has 0 aliphatic carbocycles. The zero-order valence-electron chi connectivity index (χ0n) is 57.4. The average molecular weight is 1420 g/mol. The van der Waals surface area contributed by atoms with Crippen LogP contribution in [0.2, 0.25) is 0 Å². The van der Waals surface area contributed by atoms with Crippen molar-refractivity contribution in [2.75, 3.05) is 19.7 Å². The van der Waals surface area contributed by atoms with Crippen LogP contribution in [-0.4, -0.2) is 223 Å². The third-order valence-electron chi connectivity index (χ3n) is 15.9. The summed E-state index contributed by atoms with van der Waals surface area (Å²) in [5.41, 5.74) is 27.4. The molecule has 37 heteroatoms. The number of unbranched alkanes of at least 4 members (excludes halogenated alkanes) is 1. The standard InChI is InChI=1S/C63H102N16O21/c1-30(2)25-41(56(92)72-40(63(99)100)11-8-9-23-64)73-57(93)42(26-31(3)4)75-61(97)51(33(7)81)78-58(94)43(27-34-13-15-35(82)16-14-34)74-59(95)45-12-10-24-79(45)62(98)44(29-80)76-60(96)50(32(5)6)77-55(91)38(18-21-47(67)84)70-54(90)39(19-22-49(86)87)71-53(89)37(17-20-46(66)83)69-52(88)36(65)28-48(68)85/h13-16,30-33,36-45,50-51,80-82H,8-12,17-29,64-65H2,1-7H3,(H2,66,83)(H2,67,84)(H2,68,85)(H,69,88)(H,70,90)(H,71,89)(H,72,92)(H,73,93)(H,74,95)(H,75,97)(H,76,96)(H,77,91)(H,78,94)(H,86,87)(H,99,100)/t33-,36+,37+,38+,39+,40+,41+,42+,43+,44+,45+,50+,51+/m1/s1. The number of primary amides is 3. The lowest BCUT2D eigenvalue weighted by Gasteiger charge is -2.31. The molecular formula is C63H102N16O21. The molecule has 1 aromatic rings.